The fourth-order valence-corrected chi connectivity index (χ4v) is 2.20. The molecule has 0 aromatic rings. The van der Waals surface area contributed by atoms with Crippen LogP contribution in [0, 0.1) is 5.92 Å². The Bertz CT molecular complexity index is 136. The lowest BCUT2D eigenvalue weighted by Gasteiger charge is -2.14. The molecule has 0 aromatic heterocycles. The fourth-order valence-electron chi connectivity index (χ4n) is 2.20. The summed E-state index contributed by atoms with van der Waals surface area (Å²) >= 11 is 0. The molecule has 0 aliphatic rings. The maximum atomic E-state index is 2.41. The zero-order valence-electron chi connectivity index (χ0n) is 11.8. The predicted octanol–water partition coefficient (Wildman–Crippen LogP) is 6.76. The molecular weight excluding hydrogens is 204 g/mol. The summed E-state index contributed by atoms with van der Waals surface area (Å²) in [6, 6.07) is 0. The van der Waals surface area contributed by atoms with E-state index in [1.807, 2.05) is 0 Å². The maximum Gasteiger partial charge on any atom is -0.0322 e. The third-order valence-corrected chi connectivity index (χ3v) is 3.30. The van der Waals surface area contributed by atoms with E-state index >= 15 is 0 Å². The van der Waals surface area contributed by atoms with Gasteiger partial charge in [0.05, 0.1) is 0 Å². The van der Waals surface area contributed by atoms with Crippen LogP contribution in [0.3, 0.4) is 0 Å². The van der Waals surface area contributed by atoms with Gasteiger partial charge in [0.2, 0.25) is 0 Å². The minimum absolute atomic E-state index is 0. The second kappa shape index (κ2) is 15.7. The molecule has 0 aliphatic heterocycles. The standard InChI is InChI=1S/C16H32.CH4/c1-4-7-10-13-16(14-11-8-5-2)15-12-9-6-3;/h7,10,16H,4-6,8-9,11-15H2,1-3H3;1H4/b10-7-;. The van der Waals surface area contributed by atoms with Gasteiger partial charge in [-0.3, -0.25) is 0 Å². The van der Waals surface area contributed by atoms with Gasteiger partial charge in [0.25, 0.3) is 0 Å². The molecule has 0 nitrogen and oxygen atoms in total. The zero-order valence-corrected chi connectivity index (χ0v) is 11.8. The third-order valence-electron chi connectivity index (χ3n) is 3.30. The molecule has 0 saturated carbocycles. The van der Waals surface area contributed by atoms with Gasteiger partial charge in [0, 0.05) is 0 Å². The lowest BCUT2D eigenvalue weighted by Crippen LogP contribution is -1.99. The molecule has 0 unspecified atom stereocenters. The van der Waals surface area contributed by atoms with Gasteiger partial charge in [-0.05, 0) is 18.8 Å². The van der Waals surface area contributed by atoms with Gasteiger partial charge >= 0.3 is 0 Å². The first-order chi connectivity index (χ1) is 7.85. The van der Waals surface area contributed by atoms with Crippen molar-refractivity contribution in [3.63, 3.8) is 0 Å². The normalized spacial score (nSPS) is 11.1. The molecule has 0 aliphatic carbocycles. The first-order valence-electron chi connectivity index (χ1n) is 7.50. The van der Waals surface area contributed by atoms with Crippen LogP contribution < -0.4 is 0 Å². The van der Waals surface area contributed by atoms with E-state index in [-0.39, 0.29) is 7.43 Å². The predicted molar refractivity (Wildman–Crippen MR) is 82.6 cm³/mol. The molecule has 0 fully saturated rings. The lowest BCUT2D eigenvalue weighted by atomic mass is 9.92. The van der Waals surface area contributed by atoms with Gasteiger partial charge < -0.3 is 0 Å². The molecule has 104 valence electrons. The molecular formula is C17H36. The summed E-state index contributed by atoms with van der Waals surface area (Å²) in [7, 11) is 0. The average Bonchev–Trinajstić information content (AvgIpc) is 2.29. The van der Waals surface area contributed by atoms with Crippen molar-refractivity contribution in [3.05, 3.63) is 12.2 Å². The Labute approximate surface area is 111 Å². The Morgan fingerprint density at radius 1 is 0.765 bits per heavy atom. The summed E-state index contributed by atoms with van der Waals surface area (Å²) in [5.41, 5.74) is 0. The zero-order chi connectivity index (χ0) is 12.1. The highest BCUT2D eigenvalue weighted by Crippen LogP contribution is 2.21. The molecule has 0 amide bonds. The SMILES string of the molecule is C.CC/C=C\CC(CCCCC)CCCCC. The van der Waals surface area contributed by atoms with Gasteiger partial charge in [0.1, 0.15) is 0 Å². The van der Waals surface area contributed by atoms with Crippen molar-refractivity contribution in [2.75, 3.05) is 0 Å². The van der Waals surface area contributed by atoms with Crippen LogP contribution in [-0.2, 0) is 0 Å². The van der Waals surface area contributed by atoms with Crippen molar-refractivity contribution in [1.29, 1.82) is 0 Å². The first-order valence-corrected chi connectivity index (χ1v) is 7.50. The Kier molecular flexibility index (Phi) is 17.7. The van der Waals surface area contributed by atoms with E-state index < -0.39 is 0 Å². The van der Waals surface area contributed by atoms with Crippen molar-refractivity contribution >= 4 is 0 Å². The van der Waals surface area contributed by atoms with E-state index in [0.717, 1.165) is 5.92 Å². The number of hydrogen-bond acceptors (Lipinski definition) is 0. The minimum Gasteiger partial charge on any atom is -0.0888 e. The summed E-state index contributed by atoms with van der Waals surface area (Å²) in [5.74, 6) is 0.959. The van der Waals surface area contributed by atoms with Crippen LogP contribution in [0.15, 0.2) is 12.2 Å². The topological polar surface area (TPSA) is 0 Å². The molecule has 0 saturated heterocycles. The summed E-state index contributed by atoms with van der Waals surface area (Å²) < 4.78 is 0. The van der Waals surface area contributed by atoms with Gasteiger partial charge in [-0.25, -0.2) is 0 Å². The molecule has 0 N–H and O–H groups in total. The average molecular weight is 240 g/mol. The third kappa shape index (κ3) is 13.7. The Hall–Kier alpha value is -0.260. The smallest absolute Gasteiger partial charge is 0.0322 e. The van der Waals surface area contributed by atoms with E-state index in [1.165, 1.54) is 64.2 Å². The monoisotopic (exact) mass is 240 g/mol. The molecule has 0 aromatic carbocycles. The quantitative estimate of drug-likeness (QED) is 0.276. The van der Waals surface area contributed by atoms with Crippen LogP contribution in [0.1, 0.15) is 92.4 Å². The minimum atomic E-state index is 0. The number of allylic oxidation sites excluding steroid dienone is 2. The van der Waals surface area contributed by atoms with Crippen molar-refractivity contribution in [1.82, 2.24) is 0 Å². The first kappa shape index (κ1) is 19.1. The molecule has 17 heavy (non-hydrogen) atoms. The van der Waals surface area contributed by atoms with E-state index in [0.29, 0.717) is 0 Å². The Morgan fingerprint density at radius 3 is 1.71 bits per heavy atom. The van der Waals surface area contributed by atoms with Crippen molar-refractivity contribution in [3.8, 4) is 0 Å². The van der Waals surface area contributed by atoms with Crippen LogP contribution in [0.4, 0.5) is 0 Å². The van der Waals surface area contributed by atoms with Gasteiger partial charge in [-0.1, -0.05) is 91.7 Å². The molecule has 0 radical (unpaired) electrons. The Balaban J connectivity index is 0. The molecule has 0 heteroatoms. The van der Waals surface area contributed by atoms with Crippen LogP contribution in [0.2, 0.25) is 0 Å². The van der Waals surface area contributed by atoms with Crippen molar-refractivity contribution in [2.24, 2.45) is 5.92 Å². The fraction of sp³-hybridized carbons (Fsp3) is 0.882. The second-order valence-corrected chi connectivity index (χ2v) is 4.97. The van der Waals surface area contributed by atoms with Crippen LogP contribution in [0.5, 0.6) is 0 Å². The van der Waals surface area contributed by atoms with Crippen molar-refractivity contribution < 1.29 is 0 Å². The largest absolute Gasteiger partial charge is 0.0888 e. The van der Waals surface area contributed by atoms with E-state index in [4.69, 9.17) is 0 Å². The number of rotatable bonds is 11. The highest BCUT2D eigenvalue weighted by atomic mass is 14.1. The van der Waals surface area contributed by atoms with Gasteiger partial charge in [0.15, 0.2) is 0 Å². The Morgan fingerprint density at radius 2 is 1.29 bits per heavy atom. The van der Waals surface area contributed by atoms with Crippen LogP contribution >= 0.6 is 0 Å². The summed E-state index contributed by atoms with van der Waals surface area (Å²) in [5, 5.41) is 0. The van der Waals surface area contributed by atoms with Crippen LogP contribution in [-0.4, -0.2) is 0 Å². The van der Waals surface area contributed by atoms with Gasteiger partial charge in [-0.2, -0.15) is 0 Å². The maximum absolute atomic E-state index is 2.41. The van der Waals surface area contributed by atoms with Crippen molar-refractivity contribution in [2.45, 2.75) is 92.4 Å². The summed E-state index contributed by atoms with van der Waals surface area (Å²) in [4.78, 5) is 0. The van der Waals surface area contributed by atoms with E-state index in [2.05, 4.69) is 32.9 Å². The number of unbranched alkanes of at least 4 members (excludes halogenated alkanes) is 4. The van der Waals surface area contributed by atoms with E-state index in [9.17, 15) is 0 Å². The summed E-state index contributed by atoms with van der Waals surface area (Å²) in [6.45, 7) is 6.81. The number of hydrogen-bond donors (Lipinski definition) is 0. The highest BCUT2D eigenvalue weighted by molar-refractivity contribution is 4.82. The molecule has 0 rings (SSSR count). The lowest BCUT2D eigenvalue weighted by molar-refractivity contribution is 0.414. The second-order valence-electron chi connectivity index (χ2n) is 4.97. The van der Waals surface area contributed by atoms with E-state index in [1.54, 1.807) is 0 Å². The molecule has 0 atom stereocenters. The van der Waals surface area contributed by atoms with Gasteiger partial charge in [-0.15, -0.1) is 0 Å². The molecule has 0 heterocycles. The highest BCUT2D eigenvalue weighted by Gasteiger charge is 2.06. The van der Waals surface area contributed by atoms with Crippen LogP contribution in [0.25, 0.3) is 0 Å². The molecule has 0 bridgehead atoms. The molecule has 0 spiro atoms. The summed E-state index contributed by atoms with van der Waals surface area (Å²) in [6.07, 6.45) is 18.6.